The summed E-state index contributed by atoms with van der Waals surface area (Å²) in [5, 5.41) is 3.05. The summed E-state index contributed by atoms with van der Waals surface area (Å²) < 4.78 is 2.92. The van der Waals surface area contributed by atoms with E-state index >= 15 is 0 Å². The van der Waals surface area contributed by atoms with Crippen molar-refractivity contribution in [3.8, 4) is 44.5 Å². The molecular weight excluding hydrogens is 928 g/mol. The zero-order valence-corrected chi connectivity index (χ0v) is 44.9. The van der Waals surface area contributed by atoms with Crippen LogP contribution in [0.3, 0.4) is 0 Å². The van der Waals surface area contributed by atoms with Crippen LogP contribution in [0.15, 0.2) is 152 Å². The van der Waals surface area contributed by atoms with E-state index in [1.807, 2.05) is 0 Å². The Kier molecular flexibility index (Phi) is 6.81. The summed E-state index contributed by atoms with van der Waals surface area (Å²) in [6.45, 7) is 9.85. The van der Waals surface area contributed by atoms with E-state index < -0.39 is 0 Å². The number of rotatable bonds is 4. The Labute approximate surface area is 453 Å². The van der Waals surface area contributed by atoms with Crippen LogP contribution in [0.4, 0.5) is 17.1 Å². The van der Waals surface area contributed by atoms with Crippen molar-refractivity contribution in [3.05, 3.63) is 185 Å². The highest BCUT2D eigenvalue weighted by atomic mass is 15.2. The molecule has 9 saturated carbocycles. The van der Waals surface area contributed by atoms with Gasteiger partial charge in [0.25, 0.3) is 0 Å². The number of hydrogen-bond acceptors (Lipinski definition) is 1. The summed E-state index contributed by atoms with van der Waals surface area (Å²) >= 11 is 0. The predicted molar refractivity (Wildman–Crippen MR) is 316 cm³/mol. The second-order valence-electron chi connectivity index (χ2n) is 29.3. The molecule has 2 nitrogen and oxygen atoms in total. The minimum absolute atomic E-state index is 0.00914. The minimum Gasteiger partial charge on any atom is -0.375 e. The lowest BCUT2D eigenvalue weighted by Crippen LogP contribution is -2.59. The van der Waals surface area contributed by atoms with Crippen molar-refractivity contribution in [1.29, 1.82) is 0 Å². The van der Waals surface area contributed by atoms with Gasteiger partial charge in [0.15, 0.2) is 0 Å². The van der Waals surface area contributed by atoms with Crippen LogP contribution >= 0.6 is 0 Å². The van der Waals surface area contributed by atoms with Crippen molar-refractivity contribution in [3.63, 3.8) is 0 Å². The van der Waals surface area contributed by atoms with Gasteiger partial charge in [-0.15, -0.1) is 0 Å². The molecule has 22 rings (SSSR count). The van der Waals surface area contributed by atoms with Crippen molar-refractivity contribution in [1.82, 2.24) is 4.48 Å². The molecule has 1 aromatic heterocycles. The maximum atomic E-state index is 2.92. The summed E-state index contributed by atoms with van der Waals surface area (Å²) in [6.07, 6.45) is 14.5. The smallest absolute Gasteiger partial charge is 0.333 e. The van der Waals surface area contributed by atoms with E-state index in [1.54, 1.807) is 11.1 Å². The van der Waals surface area contributed by atoms with E-state index in [9.17, 15) is 0 Å². The lowest BCUT2D eigenvalue weighted by atomic mass is 9.38. The van der Waals surface area contributed by atoms with Crippen molar-refractivity contribution >= 4 is 56.6 Å². The molecule has 2 aliphatic heterocycles. The van der Waals surface area contributed by atoms with Gasteiger partial charge in [-0.25, -0.2) is 0 Å². The van der Waals surface area contributed by atoms with Gasteiger partial charge in [0, 0.05) is 55.3 Å². The summed E-state index contributed by atoms with van der Waals surface area (Å²) in [4.78, 5) is 2.75. The Balaban J connectivity index is 0.882. The Morgan fingerprint density at radius 1 is 0.468 bits per heavy atom. The van der Waals surface area contributed by atoms with Gasteiger partial charge < -0.3 is 9.38 Å². The molecule has 3 heterocycles. The fourth-order valence-corrected chi connectivity index (χ4v) is 23.2. The quantitative estimate of drug-likeness (QED) is 0.160. The van der Waals surface area contributed by atoms with Crippen LogP contribution in [-0.2, 0) is 21.7 Å². The molecule has 0 N–H and O–H groups in total. The Bertz CT molecular complexity index is 4310. The molecule has 7 unspecified atom stereocenters. The summed E-state index contributed by atoms with van der Waals surface area (Å²) in [6, 6.07) is 61.8. The van der Waals surface area contributed by atoms with Gasteiger partial charge >= 0.3 is 6.85 Å². The largest absolute Gasteiger partial charge is 0.375 e. The highest BCUT2D eigenvalue weighted by Gasteiger charge is 2.78. The minimum atomic E-state index is -0.141. The maximum Gasteiger partial charge on any atom is 0.333 e. The van der Waals surface area contributed by atoms with E-state index in [0.29, 0.717) is 16.2 Å². The molecule has 0 radical (unpaired) electrons. The monoisotopic (exact) mass is 991 g/mol. The number of nitrogens with zero attached hydrogens (tertiary/aromatic N) is 2. The number of aromatic nitrogens is 1. The first-order valence-corrected chi connectivity index (χ1v) is 30.2. The molecule has 13 aliphatic rings. The highest BCUT2D eigenvalue weighted by molar-refractivity contribution is 6.90. The molecule has 2 spiro atoms. The predicted octanol–water partition coefficient (Wildman–Crippen LogP) is 16.6. The number of anilines is 3. The highest BCUT2D eigenvalue weighted by Crippen LogP contribution is 2.85. The molecule has 0 amide bonds. The Morgan fingerprint density at radius 2 is 1.17 bits per heavy atom. The second-order valence-corrected chi connectivity index (χ2v) is 29.3. The molecule has 0 saturated heterocycles. The molecule has 7 atom stereocenters. The van der Waals surface area contributed by atoms with Crippen LogP contribution in [0.5, 0.6) is 0 Å². The van der Waals surface area contributed by atoms with Crippen LogP contribution in [0.1, 0.15) is 125 Å². The van der Waals surface area contributed by atoms with Crippen LogP contribution < -0.4 is 15.8 Å². The maximum absolute atomic E-state index is 2.92. The van der Waals surface area contributed by atoms with E-state index in [2.05, 4.69) is 189 Å². The molecule has 9 aromatic rings. The van der Waals surface area contributed by atoms with E-state index in [0.717, 1.165) is 35.5 Å². The van der Waals surface area contributed by atoms with E-state index in [-0.39, 0.29) is 23.1 Å². The third-order valence-corrected chi connectivity index (χ3v) is 26.1. The Morgan fingerprint density at radius 3 is 1.92 bits per heavy atom. The van der Waals surface area contributed by atoms with Gasteiger partial charge in [0.05, 0.1) is 0 Å². The second kappa shape index (κ2) is 12.6. The topological polar surface area (TPSA) is 8.17 Å². The number of hydrogen-bond donors (Lipinski definition) is 0. The zero-order valence-electron chi connectivity index (χ0n) is 44.9. The van der Waals surface area contributed by atoms with Crippen molar-refractivity contribution in [2.24, 2.45) is 46.3 Å². The lowest BCUT2D eigenvalue weighted by molar-refractivity contribution is -0.175. The van der Waals surface area contributed by atoms with E-state index in [4.69, 9.17) is 0 Å². The molecule has 3 heteroatoms. The average molecular weight is 991 g/mol. The average Bonchev–Trinajstić information content (AvgIpc) is 3.39. The third-order valence-electron chi connectivity index (χ3n) is 26.1. The molecule has 372 valence electrons. The first-order chi connectivity index (χ1) is 37.5. The van der Waals surface area contributed by atoms with Gasteiger partial charge in [0.2, 0.25) is 0 Å². The SMILES string of the molecule is CC1(C)c2ccccc2-c2ccc(N3c4cc5c(cc4B4c6c(cc(-c7ccccc7)cc63)-c3cc(C67CC8CC9CC8(C6)C9C7)cc6c7cc(C89CC%10CC%11CC(C8)C%11%10C9)ccc7n4c36)C(C)(C)c3ccccc3-5)cc21. The number of fused-ring (bicyclic) bond motifs is 15. The molecule has 77 heavy (non-hydrogen) atoms. The van der Waals surface area contributed by atoms with Crippen LogP contribution in [-0.4, -0.2) is 11.3 Å². The van der Waals surface area contributed by atoms with Gasteiger partial charge in [0.1, 0.15) is 0 Å². The van der Waals surface area contributed by atoms with Crippen molar-refractivity contribution in [2.75, 3.05) is 4.90 Å². The molecule has 11 aliphatic carbocycles. The van der Waals surface area contributed by atoms with Gasteiger partial charge in [-0.1, -0.05) is 125 Å². The number of benzene rings is 8. The van der Waals surface area contributed by atoms with Gasteiger partial charge in [-0.3, -0.25) is 0 Å². The summed E-state index contributed by atoms with van der Waals surface area (Å²) in [7, 11) is 0. The normalized spacial score (nSPS) is 33.3. The molecule has 8 aromatic carbocycles. The lowest BCUT2D eigenvalue weighted by Gasteiger charge is -2.66. The van der Waals surface area contributed by atoms with E-state index in [1.165, 1.54) is 181 Å². The first kappa shape index (κ1) is 41.5. The van der Waals surface area contributed by atoms with Gasteiger partial charge in [-0.05, 0) is 259 Å². The van der Waals surface area contributed by atoms with Crippen LogP contribution in [0, 0.1) is 46.3 Å². The fraction of sp³-hybridized carbons (Fsp3) is 0.351. The first-order valence-electron chi connectivity index (χ1n) is 30.2. The van der Waals surface area contributed by atoms with Crippen LogP contribution in [0.25, 0.3) is 66.3 Å². The summed E-state index contributed by atoms with van der Waals surface area (Å²) in [5.41, 5.74) is 31.5. The molecule has 5 bridgehead atoms. The van der Waals surface area contributed by atoms with Gasteiger partial charge in [-0.2, -0.15) is 0 Å². The zero-order chi connectivity index (χ0) is 50.2. The standard InChI is InChI=1S/C74H63BN2/c1-69(2)58-16-10-8-14-50(58)52-20-19-49(30-60(52)69)76-65-31-53-51-15-9-11-17-59(51)70(3,4)61(53)32-63(65)75-67-55(23-41(24-66(67)76)40-12-6-5-7-13-40)57-29-44(72-34-46-22-42-33-73(46,38-72)62(42)37-72)28-56-54-27-43(18-21-64(54)77(75)68(56)57)71-35-47-25-45-26-48(36-71)74(45,47)39-71/h5-21,23-24,27-32,42,45-48,62H,22,25-26,33-39H2,1-4H3. The third kappa shape index (κ3) is 4.38. The summed E-state index contributed by atoms with van der Waals surface area (Å²) in [5.74, 6) is 5.81. The van der Waals surface area contributed by atoms with Crippen molar-refractivity contribution < 1.29 is 0 Å². The molecule has 9 fully saturated rings. The fourth-order valence-electron chi connectivity index (χ4n) is 23.2. The Hall–Kier alpha value is -6.58. The molecular formula is C74H63BN2. The van der Waals surface area contributed by atoms with Crippen molar-refractivity contribution in [2.45, 2.75) is 114 Å². The van der Waals surface area contributed by atoms with Crippen LogP contribution in [0.2, 0.25) is 0 Å².